The summed E-state index contributed by atoms with van der Waals surface area (Å²) in [7, 11) is 0. The normalized spacial score (nSPS) is 10.0. The number of hydrogen-bond donors (Lipinski definition) is 3. The number of anilines is 1. The summed E-state index contributed by atoms with van der Waals surface area (Å²) in [6.45, 7) is 2.33. The first-order valence-corrected chi connectivity index (χ1v) is 8.53. The minimum atomic E-state index is -0.477. The molecular formula is C17H15Cl2N3O2S. The van der Waals surface area contributed by atoms with E-state index in [1.807, 2.05) is 6.92 Å². The van der Waals surface area contributed by atoms with Gasteiger partial charge in [0.05, 0.1) is 21.8 Å². The molecule has 0 aliphatic heterocycles. The van der Waals surface area contributed by atoms with Crippen molar-refractivity contribution in [1.82, 2.24) is 10.6 Å². The molecule has 3 N–H and O–H groups in total. The van der Waals surface area contributed by atoms with Crippen molar-refractivity contribution in [2.75, 3.05) is 11.9 Å². The second kappa shape index (κ2) is 8.80. The molecule has 2 rings (SSSR count). The lowest BCUT2D eigenvalue weighted by Crippen LogP contribution is -2.35. The van der Waals surface area contributed by atoms with Gasteiger partial charge in [-0.3, -0.25) is 14.9 Å². The molecule has 2 aromatic carbocycles. The lowest BCUT2D eigenvalue weighted by Gasteiger charge is -2.13. The third kappa shape index (κ3) is 5.16. The van der Waals surface area contributed by atoms with Gasteiger partial charge in [0.15, 0.2) is 5.11 Å². The van der Waals surface area contributed by atoms with Gasteiger partial charge in [-0.25, -0.2) is 0 Å². The van der Waals surface area contributed by atoms with Gasteiger partial charge in [-0.15, -0.1) is 0 Å². The first-order chi connectivity index (χ1) is 11.9. The van der Waals surface area contributed by atoms with Crippen LogP contribution >= 0.6 is 35.4 Å². The molecule has 0 aliphatic carbocycles. The van der Waals surface area contributed by atoms with E-state index in [9.17, 15) is 9.59 Å². The van der Waals surface area contributed by atoms with Gasteiger partial charge in [0, 0.05) is 11.6 Å². The number of amides is 2. The highest BCUT2D eigenvalue weighted by Gasteiger charge is 2.14. The number of para-hydroxylation sites is 1. The van der Waals surface area contributed by atoms with Gasteiger partial charge in [-0.2, -0.15) is 0 Å². The second-order valence-electron chi connectivity index (χ2n) is 4.94. The van der Waals surface area contributed by atoms with Crippen molar-refractivity contribution >= 4 is 58.0 Å². The van der Waals surface area contributed by atoms with Crippen LogP contribution in [0.15, 0.2) is 42.5 Å². The van der Waals surface area contributed by atoms with E-state index < -0.39 is 5.91 Å². The number of carbonyl (C=O) groups excluding carboxylic acids is 2. The molecule has 0 fully saturated rings. The molecule has 0 unspecified atom stereocenters. The molecular weight excluding hydrogens is 381 g/mol. The maximum Gasteiger partial charge on any atom is 0.258 e. The molecule has 0 saturated heterocycles. The highest BCUT2D eigenvalue weighted by molar-refractivity contribution is 7.80. The number of rotatable bonds is 4. The van der Waals surface area contributed by atoms with E-state index in [2.05, 4.69) is 16.0 Å². The van der Waals surface area contributed by atoms with Crippen molar-refractivity contribution in [1.29, 1.82) is 0 Å². The van der Waals surface area contributed by atoms with Crippen molar-refractivity contribution in [2.24, 2.45) is 0 Å². The number of thiocarbonyl (C=S) groups is 1. The van der Waals surface area contributed by atoms with Crippen molar-refractivity contribution in [2.45, 2.75) is 6.92 Å². The van der Waals surface area contributed by atoms with Crippen LogP contribution in [0.25, 0.3) is 0 Å². The third-order valence-corrected chi connectivity index (χ3v) is 3.91. The quantitative estimate of drug-likeness (QED) is 0.687. The summed E-state index contributed by atoms with van der Waals surface area (Å²) in [6, 6.07) is 11.4. The van der Waals surface area contributed by atoms with Crippen LogP contribution < -0.4 is 16.0 Å². The predicted octanol–water partition coefficient (Wildman–Crippen LogP) is 3.87. The molecule has 0 spiro atoms. The predicted molar refractivity (Wildman–Crippen MR) is 105 cm³/mol. The third-order valence-electron chi connectivity index (χ3n) is 3.16. The largest absolute Gasteiger partial charge is 0.352 e. The van der Waals surface area contributed by atoms with E-state index in [1.54, 1.807) is 30.3 Å². The first kappa shape index (κ1) is 19.2. The average molecular weight is 396 g/mol. The first-order valence-electron chi connectivity index (χ1n) is 7.37. The highest BCUT2D eigenvalue weighted by atomic mass is 35.5. The zero-order valence-electron chi connectivity index (χ0n) is 13.2. The van der Waals surface area contributed by atoms with Gasteiger partial charge in [-0.1, -0.05) is 35.3 Å². The molecule has 0 bridgehead atoms. The number of halogens is 2. The van der Waals surface area contributed by atoms with Crippen LogP contribution in [0.4, 0.5) is 5.69 Å². The molecule has 2 aromatic rings. The Morgan fingerprint density at radius 2 is 1.76 bits per heavy atom. The van der Waals surface area contributed by atoms with Gasteiger partial charge in [-0.05, 0) is 49.5 Å². The fraction of sp³-hybridized carbons (Fsp3) is 0.118. The van der Waals surface area contributed by atoms with E-state index in [1.165, 1.54) is 12.1 Å². The van der Waals surface area contributed by atoms with E-state index in [-0.39, 0.29) is 21.6 Å². The standard InChI is InChI=1S/C17H15Cl2N3O2S/c1-2-20-15(23)12-5-3-4-6-14(12)21-17(25)22-16(24)11-8-7-10(18)9-13(11)19/h3-9H,2H2,1H3,(H,20,23)(H2,21,22,24,25). The molecule has 0 aromatic heterocycles. The summed E-state index contributed by atoms with van der Waals surface area (Å²) < 4.78 is 0. The molecule has 8 heteroatoms. The number of benzene rings is 2. The Hall–Kier alpha value is -2.15. The topological polar surface area (TPSA) is 70.2 Å². The second-order valence-corrected chi connectivity index (χ2v) is 6.19. The Labute approximate surface area is 160 Å². The Kier molecular flexibility index (Phi) is 6.75. The van der Waals surface area contributed by atoms with Gasteiger partial charge in [0.2, 0.25) is 0 Å². The minimum Gasteiger partial charge on any atom is -0.352 e. The minimum absolute atomic E-state index is 0.0489. The molecule has 25 heavy (non-hydrogen) atoms. The molecule has 0 aliphatic rings. The Balaban J connectivity index is 2.10. The Bertz CT molecular complexity index is 827. The fourth-order valence-electron chi connectivity index (χ4n) is 2.04. The fourth-order valence-corrected chi connectivity index (χ4v) is 2.74. The van der Waals surface area contributed by atoms with Crippen LogP contribution in [0.3, 0.4) is 0 Å². The zero-order valence-corrected chi connectivity index (χ0v) is 15.6. The zero-order chi connectivity index (χ0) is 18.4. The van der Waals surface area contributed by atoms with E-state index >= 15 is 0 Å². The summed E-state index contributed by atoms with van der Waals surface area (Å²) in [5.74, 6) is -0.713. The van der Waals surface area contributed by atoms with Crippen LogP contribution in [-0.4, -0.2) is 23.5 Å². The maximum absolute atomic E-state index is 12.3. The van der Waals surface area contributed by atoms with Crippen molar-refractivity contribution in [3.63, 3.8) is 0 Å². The molecule has 0 atom stereocenters. The molecule has 5 nitrogen and oxygen atoms in total. The van der Waals surface area contributed by atoms with Crippen molar-refractivity contribution in [3.05, 3.63) is 63.6 Å². The van der Waals surface area contributed by atoms with Crippen molar-refractivity contribution < 1.29 is 9.59 Å². The average Bonchev–Trinajstić information content (AvgIpc) is 2.55. The van der Waals surface area contributed by atoms with Gasteiger partial charge >= 0.3 is 0 Å². The summed E-state index contributed by atoms with van der Waals surface area (Å²) >= 11 is 17.0. The maximum atomic E-state index is 12.3. The monoisotopic (exact) mass is 395 g/mol. The van der Waals surface area contributed by atoms with Gasteiger partial charge < -0.3 is 10.6 Å². The molecule has 0 saturated carbocycles. The molecule has 0 radical (unpaired) electrons. The van der Waals surface area contributed by atoms with Crippen LogP contribution in [0.1, 0.15) is 27.6 Å². The molecule has 0 heterocycles. The van der Waals surface area contributed by atoms with Crippen LogP contribution in [-0.2, 0) is 0 Å². The lowest BCUT2D eigenvalue weighted by atomic mass is 10.1. The summed E-state index contributed by atoms with van der Waals surface area (Å²) in [5.41, 5.74) is 1.15. The van der Waals surface area contributed by atoms with Gasteiger partial charge in [0.1, 0.15) is 0 Å². The lowest BCUT2D eigenvalue weighted by molar-refractivity contribution is 0.0954. The number of hydrogen-bond acceptors (Lipinski definition) is 3. The van der Waals surface area contributed by atoms with E-state index in [0.29, 0.717) is 22.8 Å². The summed E-state index contributed by atoms with van der Waals surface area (Å²) in [5, 5.41) is 8.79. The van der Waals surface area contributed by atoms with Gasteiger partial charge in [0.25, 0.3) is 11.8 Å². The van der Waals surface area contributed by atoms with Crippen LogP contribution in [0.5, 0.6) is 0 Å². The highest BCUT2D eigenvalue weighted by Crippen LogP contribution is 2.21. The van der Waals surface area contributed by atoms with E-state index in [0.717, 1.165) is 0 Å². The van der Waals surface area contributed by atoms with Crippen LogP contribution in [0.2, 0.25) is 10.0 Å². The summed E-state index contributed by atoms with van der Waals surface area (Å²) in [6.07, 6.45) is 0. The summed E-state index contributed by atoms with van der Waals surface area (Å²) in [4.78, 5) is 24.3. The Morgan fingerprint density at radius 1 is 1.04 bits per heavy atom. The molecule has 2 amide bonds. The van der Waals surface area contributed by atoms with Crippen molar-refractivity contribution in [3.8, 4) is 0 Å². The SMILES string of the molecule is CCNC(=O)c1ccccc1NC(=S)NC(=O)c1ccc(Cl)cc1Cl. The molecule has 130 valence electrons. The Morgan fingerprint density at radius 3 is 2.44 bits per heavy atom. The number of nitrogens with one attached hydrogen (secondary N) is 3. The number of carbonyl (C=O) groups is 2. The smallest absolute Gasteiger partial charge is 0.258 e. The van der Waals surface area contributed by atoms with Crippen LogP contribution in [0, 0.1) is 0 Å². The van der Waals surface area contributed by atoms with E-state index in [4.69, 9.17) is 35.4 Å².